The Hall–Kier alpha value is -0.610. The number of piperidine rings is 1. The minimum absolute atomic E-state index is 0.496. The third-order valence-electron chi connectivity index (χ3n) is 5.53. The molecule has 4 atom stereocenters. The monoisotopic (exact) mass is 266 g/mol. The SMILES string of the molecule is CCCNC1(C(=O)O)CCC(N2CC3CCC2C3)C1. The van der Waals surface area contributed by atoms with Gasteiger partial charge in [-0.15, -0.1) is 0 Å². The van der Waals surface area contributed by atoms with Crippen LogP contribution in [0.2, 0.25) is 0 Å². The van der Waals surface area contributed by atoms with Crippen LogP contribution in [0, 0.1) is 5.92 Å². The van der Waals surface area contributed by atoms with Gasteiger partial charge in [0.25, 0.3) is 0 Å². The predicted octanol–water partition coefficient (Wildman–Crippen LogP) is 1.85. The van der Waals surface area contributed by atoms with Crippen LogP contribution >= 0.6 is 0 Å². The van der Waals surface area contributed by atoms with E-state index in [2.05, 4.69) is 17.1 Å². The molecule has 4 heteroatoms. The van der Waals surface area contributed by atoms with Crippen molar-refractivity contribution in [3.63, 3.8) is 0 Å². The molecule has 1 aliphatic heterocycles. The van der Waals surface area contributed by atoms with Crippen LogP contribution < -0.4 is 5.32 Å². The van der Waals surface area contributed by atoms with Crippen molar-refractivity contribution in [2.75, 3.05) is 13.1 Å². The molecular weight excluding hydrogens is 240 g/mol. The van der Waals surface area contributed by atoms with Gasteiger partial charge in [-0.1, -0.05) is 6.92 Å². The van der Waals surface area contributed by atoms with Crippen molar-refractivity contribution in [1.29, 1.82) is 0 Å². The summed E-state index contributed by atoms with van der Waals surface area (Å²) in [4.78, 5) is 14.3. The highest BCUT2D eigenvalue weighted by Crippen LogP contribution is 2.43. The van der Waals surface area contributed by atoms with Crippen molar-refractivity contribution in [1.82, 2.24) is 10.2 Å². The molecule has 2 N–H and O–H groups in total. The average molecular weight is 266 g/mol. The number of carbonyl (C=O) groups is 1. The van der Waals surface area contributed by atoms with E-state index in [9.17, 15) is 9.90 Å². The van der Waals surface area contributed by atoms with Crippen LogP contribution in [0.25, 0.3) is 0 Å². The maximum Gasteiger partial charge on any atom is 0.323 e. The highest BCUT2D eigenvalue weighted by Gasteiger charge is 2.50. The number of aliphatic carboxylic acids is 1. The summed E-state index contributed by atoms with van der Waals surface area (Å²) in [6.07, 6.45) is 7.72. The summed E-state index contributed by atoms with van der Waals surface area (Å²) in [6, 6.07) is 1.25. The molecule has 1 heterocycles. The molecule has 108 valence electrons. The molecule has 2 bridgehead atoms. The van der Waals surface area contributed by atoms with E-state index in [0.29, 0.717) is 6.04 Å². The molecule has 3 fully saturated rings. The van der Waals surface area contributed by atoms with Gasteiger partial charge < -0.3 is 10.4 Å². The second kappa shape index (κ2) is 5.06. The molecule has 0 aromatic rings. The number of nitrogens with zero attached hydrogens (tertiary/aromatic N) is 1. The molecule has 2 aliphatic carbocycles. The Morgan fingerprint density at radius 3 is 2.79 bits per heavy atom. The summed E-state index contributed by atoms with van der Waals surface area (Å²) in [5.74, 6) is 0.251. The second-order valence-corrected chi connectivity index (χ2v) is 6.74. The number of fused-ring (bicyclic) bond motifs is 2. The molecule has 19 heavy (non-hydrogen) atoms. The van der Waals surface area contributed by atoms with Crippen LogP contribution in [0.3, 0.4) is 0 Å². The van der Waals surface area contributed by atoms with Crippen molar-refractivity contribution >= 4 is 5.97 Å². The highest BCUT2D eigenvalue weighted by molar-refractivity contribution is 5.79. The van der Waals surface area contributed by atoms with Gasteiger partial charge in [0.2, 0.25) is 0 Å². The van der Waals surface area contributed by atoms with E-state index in [0.717, 1.165) is 44.2 Å². The molecule has 0 aromatic carbocycles. The molecule has 2 saturated carbocycles. The van der Waals surface area contributed by atoms with E-state index in [1.54, 1.807) is 0 Å². The van der Waals surface area contributed by atoms with Gasteiger partial charge in [0.1, 0.15) is 5.54 Å². The Labute approximate surface area is 115 Å². The zero-order valence-corrected chi connectivity index (χ0v) is 11.9. The van der Waals surface area contributed by atoms with Crippen molar-refractivity contribution in [3.05, 3.63) is 0 Å². The van der Waals surface area contributed by atoms with Crippen LogP contribution in [0.5, 0.6) is 0 Å². The first kappa shape index (κ1) is 13.4. The van der Waals surface area contributed by atoms with E-state index in [1.807, 2.05) is 0 Å². The molecule has 4 nitrogen and oxygen atoms in total. The maximum atomic E-state index is 11.7. The topological polar surface area (TPSA) is 52.6 Å². The Balaban J connectivity index is 1.66. The van der Waals surface area contributed by atoms with Crippen molar-refractivity contribution in [2.24, 2.45) is 5.92 Å². The second-order valence-electron chi connectivity index (χ2n) is 6.74. The maximum absolute atomic E-state index is 11.7. The standard InChI is InChI=1S/C15H26N2O2/c1-2-7-16-15(14(18)19)6-5-13(9-15)17-10-11-3-4-12(17)8-11/h11-13,16H,2-10H2,1H3,(H,18,19). The Morgan fingerprint density at radius 1 is 1.37 bits per heavy atom. The molecule has 3 rings (SSSR count). The van der Waals surface area contributed by atoms with Crippen LogP contribution in [0.4, 0.5) is 0 Å². The molecular formula is C15H26N2O2. The average Bonchev–Trinajstić information content (AvgIpc) is 3.11. The predicted molar refractivity (Wildman–Crippen MR) is 74.1 cm³/mol. The van der Waals surface area contributed by atoms with Gasteiger partial charge >= 0.3 is 5.97 Å². The Morgan fingerprint density at radius 2 is 2.21 bits per heavy atom. The molecule has 3 aliphatic rings. The van der Waals surface area contributed by atoms with Crippen LogP contribution in [0.15, 0.2) is 0 Å². The van der Waals surface area contributed by atoms with Crippen LogP contribution in [0.1, 0.15) is 51.9 Å². The van der Waals surface area contributed by atoms with E-state index in [-0.39, 0.29) is 0 Å². The summed E-state index contributed by atoms with van der Waals surface area (Å²) in [7, 11) is 0. The molecule has 0 aromatic heterocycles. The van der Waals surface area contributed by atoms with Gasteiger partial charge in [-0.2, -0.15) is 0 Å². The zero-order chi connectivity index (χ0) is 13.5. The first-order valence-electron chi connectivity index (χ1n) is 7.89. The molecule has 1 saturated heterocycles. The smallest absolute Gasteiger partial charge is 0.323 e. The number of rotatable bonds is 5. The molecule has 4 unspecified atom stereocenters. The van der Waals surface area contributed by atoms with E-state index >= 15 is 0 Å². The summed E-state index contributed by atoms with van der Waals surface area (Å²) in [6.45, 7) is 4.12. The third kappa shape index (κ3) is 2.29. The quantitative estimate of drug-likeness (QED) is 0.797. The van der Waals surface area contributed by atoms with Gasteiger partial charge in [0.05, 0.1) is 0 Å². The van der Waals surface area contributed by atoms with E-state index in [1.165, 1.54) is 25.8 Å². The first-order valence-corrected chi connectivity index (χ1v) is 7.89. The molecule has 0 amide bonds. The highest BCUT2D eigenvalue weighted by atomic mass is 16.4. The lowest BCUT2D eigenvalue weighted by Gasteiger charge is -2.34. The molecule has 0 radical (unpaired) electrons. The van der Waals surface area contributed by atoms with E-state index < -0.39 is 11.5 Å². The van der Waals surface area contributed by atoms with Crippen LogP contribution in [-0.2, 0) is 4.79 Å². The Kier molecular flexibility index (Phi) is 3.56. The number of carboxylic acids is 1. The number of nitrogens with one attached hydrogen (secondary N) is 1. The number of hydrogen-bond acceptors (Lipinski definition) is 3. The number of hydrogen-bond donors (Lipinski definition) is 2. The van der Waals surface area contributed by atoms with Gasteiger partial charge in [-0.25, -0.2) is 0 Å². The lowest BCUT2D eigenvalue weighted by Crippen LogP contribution is -2.52. The van der Waals surface area contributed by atoms with Gasteiger partial charge in [0, 0.05) is 18.6 Å². The summed E-state index contributed by atoms with van der Waals surface area (Å²) < 4.78 is 0. The van der Waals surface area contributed by atoms with Gasteiger partial charge in [-0.05, 0) is 57.4 Å². The third-order valence-corrected chi connectivity index (χ3v) is 5.53. The van der Waals surface area contributed by atoms with E-state index in [4.69, 9.17) is 0 Å². The lowest BCUT2D eigenvalue weighted by atomic mass is 9.96. The summed E-state index contributed by atoms with van der Waals surface area (Å²) >= 11 is 0. The number of likely N-dealkylation sites (tertiary alicyclic amines) is 1. The zero-order valence-electron chi connectivity index (χ0n) is 11.9. The molecule has 0 spiro atoms. The Bertz CT molecular complexity index is 360. The summed E-state index contributed by atoms with van der Waals surface area (Å²) in [5, 5.41) is 12.9. The normalized spacial score (nSPS) is 42.1. The fourth-order valence-corrected chi connectivity index (χ4v) is 4.51. The van der Waals surface area contributed by atoms with Crippen molar-refractivity contribution in [2.45, 2.75) is 69.5 Å². The van der Waals surface area contributed by atoms with Gasteiger partial charge in [0.15, 0.2) is 0 Å². The number of carboxylic acid groups (broad SMARTS) is 1. The fourth-order valence-electron chi connectivity index (χ4n) is 4.51. The van der Waals surface area contributed by atoms with Gasteiger partial charge in [-0.3, -0.25) is 9.69 Å². The van der Waals surface area contributed by atoms with Crippen LogP contribution in [-0.4, -0.2) is 46.7 Å². The van der Waals surface area contributed by atoms with Crippen molar-refractivity contribution < 1.29 is 9.90 Å². The first-order chi connectivity index (χ1) is 9.14. The summed E-state index contributed by atoms with van der Waals surface area (Å²) in [5.41, 5.74) is -0.650. The fraction of sp³-hybridized carbons (Fsp3) is 0.933. The lowest BCUT2D eigenvalue weighted by molar-refractivity contribution is -0.144. The minimum atomic E-state index is -0.650. The van der Waals surface area contributed by atoms with Crippen molar-refractivity contribution in [3.8, 4) is 0 Å². The largest absolute Gasteiger partial charge is 0.480 e. The minimum Gasteiger partial charge on any atom is -0.480 e.